The lowest BCUT2D eigenvalue weighted by Gasteiger charge is -2.34. The van der Waals surface area contributed by atoms with Crippen LogP contribution >= 0.6 is 0 Å². The van der Waals surface area contributed by atoms with Gasteiger partial charge in [0.25, 0.3) is 0 Å². The van der Waals surface area contributed by atoms with Gasteiger partial charge in [0.1, 0.15) is 0 Å². The largest absolute Gasteiger partial charge is 0.256 e. The summed E-state index contributed by atoms with van der Waals surface area (Å²) in [5.74, 6) is 2.57. The first-order valence-electron chi connectivity index (χ1n) is 10.8. The van der Waals surface area contributed by atoms with Crippen molar-refractivity contribution in [2.45, 2.75) is 78.1 Å². The smallest absolute Gasteiger partial charge is 0.0702 e. The minimum Gasteiger partial charge on any atom is -0.256 e. The van der Waals surface area contributed by atoms with E-state index >= 15 is 0 Å². The van der Waals surface area contributed by atoms with Crippen molar-refractivity contribution in [3.63, 3.8) is 0 Å². The molecule has 1 saturated carbocycles. The summed E-state index contributed by atoms with van der Waals surface area (Å²) in [6, 6.07) is 13.6. The van der Waals surface area contributed by atoms with Crippen LogP contribution in [0.2, 0.25) is 0 Å². The molecular weight excluding hydrogens is 314 g/mol. The molecule has 26 heavy (non-hydrogen) atoms. The molecule has 1 aromatic heterocycles. The molecule has 0 bridgehead atoms. The fourth-order valence-corrected chi connectivity index (χ4v) is 4.58. The highest BCUT2D eigenvalue weighted by Gasteiger charge is 2.27. The van der Waals surface area contributed by atoms with E-state index in [-0.39, 0.29) is 0 Å². The first-order valence-corrected chi connectivity index (χ1v) is 10.8. The molecule has 1 aromatic carbocycles. The van der Waals surface area contributed by atoms with Crippen molar-refractivity contribution in [1.82, 2.24) is 4.98 Å². The third-order valence-corrected chi connectivity index (χ3v) is 6.44. The van der Waals surface area contributed by atoms with E-state index in [0.717, 1.165) is 29.9 Å². The van der Waals surface area contributed by atoms with E-state index in [9.17, 15) is 0 Å². The number of hydrogen-bond acceptors (Lipinski definition) is 1. The fourth-order valence-electron chi connectivity index (χ4n) is 4.58. The molecule has 1 heteroatoms. The first kappa shape index (κ1) is 19.1. The van der Waals surface area contributed by atoms with E-state index in [1.165, 1.54) is 61.6 Å². The quantitative estimate of drug-likeness (QED) is 0.474. The highest BCUT2D eigenvalue weighted by atomic mass is 14.7. The molecule has 0 saturated heterocycles. The minimum atomic E-state index is 0.747. The van der Waals surface area contributed by atoms with Crippen molar-refractivity contribution in [2.75, 3.05) is 0 Å². The van der Waals surface area contributed by atoms with Crippen LogP contribution in [0, 0.1) is 11.8 Å². The van der Waals surface area contributed by atoms with Gasteiger partial charge in [-0.15, -0.1) is 0 Å². The molecule has 3 rings (SSSR count). The van der Waals surface area contributed by atoms with Gasteiger partial charge in [0.2, 0.25) is 0 Å². The van der Waals surface area contributed by atoms with Crippen LogP contribution in [0.25, 0.3) is 11.3 Å². The van der Waals surface area contributed by atoms with Crippen molar-refractivity contribution < 1.29 is 0 Å². The molecule has 1 heterocycles. The van der Waals surface area contributed by atoms with Crippen molar-refractivity contribution in [3.8, 4) is 11.3 Å². The summed E-state index contributed by atoms with van der Waals surface area (Å²) in [5.41, 5.74) is 5.15. The summed E-state index contributed by atoms with van der Waals surface area (Å²) in [6.07, 6.45) is 12.8. The maximum Gasteiger partial charge on any atom is 0.0702 e. The second-order valence-corrected chi connectivity index (χ2v) is 8.27. The predicted octanol–water partition coefficient (Wildman–Crippen LogP) is 7.41. The van der Waals surface area contributed by atoms with E-state index in [1.54, 1.807) is 0 Å². The van der Waals surface area contributed by atoms with Crippen LogP contribution in [0.15, 0.2) is 42.6 Å². The van der Waals surface area contributed by atoms with Crippen molar-refractivity contribution in [3.05, 3.63) is 53.7 Å². The lowest BCUT2D eigenvalue weighted by molar-refractivity contribution is 0.215. The van der Waals surface area contributed by atoms with Gasteiger partial charge in [0.05, 0.1) is 5.69 Å². The monoisotopic (exact) mass is 349 g/mol. The third-order valence-electron chi connectivity index (χ3n) is 6.44. The Labute approximate surface area is 160 Å². The Morgan fingerprint density at radius 2 is 1.77 bits per heavy atom. The molecule has 0 N–H and O–H groups in total. The topological polar surface area (TPSA) is 12.9 Å². The van der Waals surface area contributed by atoms with Crippen molar-refractivity contribution in [2.24, 2.45) is 11.8 Å². The molecule has 1 nitrogen and oxygen atoms in total. The molecule has 3 atom stereocenters. The fraction of sp³-hybridized carbons (Fsp3) is 0.560. The van der Waals surface area contributed by atoms with E-state index in [2.05, 4.69) is 62.2 Å². The summed E-state index contributed by atoms with van der Waals surface area (Å²) in [4.78, 5) is 4.62. The number of benzene rings is 1. The lowest BCUT2D eigenvalue weighted by atomic mass is 9.71. The van der Waals surface area contributed by atoms with E-state index in [1.807, 2.05) is 6.20 Å². The van der Waals surface area contributed by atoms with Crippen LogP contribution in [0.3, 0.4) is 0 Å². The van der Waals surface area contributed by atoms with E-state index in [4.69, 9.17) is 0 Å². The Morgan fingerprint density at radius 1 is 0.962 bits per heavy atom. The van der Waals surface area contributed by atoms with Gasteiger partial charge in [0, 0.05) is 11.8 Å². The van der Waals surface area contributed by atoms with Crippen LogP contribution in [-0.4, -0.2) is 4.98 Å². The molecule has 1 aliphatic carbocycles. The van der Waals surface area contributed by atoms with Crippen molar-refractivity contribution in [1.29, 1.82) is 0 Å². The number of hydrogen-bond donors (Lipinski definition) is 0. The third kappa shape index (κ3) is 4.75. The molecular formula is C25H35N. The molecule has 0 amide bonds. The zero-order valence-electron chi connectivity index (χ0n) is 16.9. The molecule has 0 spiro atoms. The molecule has 0 unspecified atom stereocenters. The Hall–Kier alpha value is -1.63. The second-order valence-electron chi connectivity index (χ2n) is 8.27. The summed E-state index contributed by atoms with van der Waals surface area (Å²) in [6.45, 7) is 6.96. The Bertz CT molecular complexity index is 656. The Balaban J connectivity index is 1.60. The molecule has 1 aliphatic rings. The zero-order valence-corrected chi connectivity index (χ0v) is 16.9. The van der Waals surface area contributed by atoms with Crippen LogP contribution in [0.5, 0.6) is 0 Å². The van der Waals surface area contributed by atoms with Crippen molar-refractivity contribution >= 4 is 0 Å². The molecule has 0 radical (unpaired) electrons. The van der Waals surface area contributed by atoms with Gasteiger partial charge in [-0.05, 0) is 60.6 Å². The van der Waals surface area contributed by atoms with Gasteiger partial charge in [-0.3, -0.25) is 4.98 Å². The first-order chi connectivity index (χ1) is 12.7. The minimum absolute atomic E-state index is 0.747. The number of pyridine rings is 1. The van der Waals surface area contributed by atoms with E-state index < -0.39 is 0 Å². The standard InChI is InChI=1S/C25H35N/c1-4-6-7-8-21-10-15-24(17-19(21)3)22-11-13-23(14-12-22)25-16-9-20(5-2)18-26-25/h9,11-14,16,18-19,21,24H,4-8,10,15,17H2,1-3H3/t19-,21-,24-/m1/s1. The highest BCUT2D eigenvalue weighted by Crippen LogP contribution is 2.41. The number of unbranched alkanes of at least 4 members (excludes halogenated alkanes) is 2. The average molecular weight is 350 g/mol. The molecule has 0 aliphatic heterocycles. The Morgan fingerprint density at radius 3 is 2.38 bits per heavy atom. The van der Waals surface area contributed by atoms with Crippen LogP contribution in [0.4, 0.5) is 0 Å². The predicted molar refractivity (Wildman–Crippen MR) is 112 cm³/mol. The maximum atomic E-state index is 4.62. The Kier molecular flexibility index (Phi) is 6.88. The molecule has 2 aromatic rings. The van der Waals surface area contributed by atoms with Crippen LogP contribution < -0.4 is 0 Å². The number of aryl methyl sites for hydroxylation is 1. The summed E-state index contributed by atoms with van der Waals surface area (Å²) in [7, 11) is 0. The maximum absolute atomic E-state index is 4.62. The molecule has 1 fully saturated rings. The van der Waals surface area contributed by atoms with E-state index in [0.29, 0.717) is 0 Å². The van der Waals surface area contributed by atoms with Crippen LogP contribution in [-0.2, 0) is 6.42 Å². The molecule has 140 valence electrons. The normalized spacial score (nSPS) is 23.1. The summed E-state index contributed by atoms with van der Waals surface area (Å²) in [5, 5.41) is 0. The summed E-state index contributed by atoms with van der Waals surface area (Å²) < 4.78 is 0. The highest BCUT2D eigenvalue weighted by molar-refractivity contribution is 5.59. The zero-order chi connectivity index (χ0) is 18.4. The van der Waals surface area contributed by atoms with Gasteiger partial charge in [-0.1, -0.05) is 76.8 Å². The number of aromatic nitrogens is 1. The van der Waals surface area contributed by atoms with Gasteiger partial charge in [0.15, 0.2) is 0 Å². The number of rotatable bonds is 7. The summed E-state index contributed by atoms with van der Waals surface area (Å²) >= 11 is 0. The van der Waals surface area contributed by atoms with Gasteiger partial charge < -0.3 is 0 Å². The van der Waals surface area contributed by atoms with Gasteiger partial charge >= 0.3 is 0 Å². The average Bonchev–Trinajstić information content (AvgIpc) is 2.69. The van der Waals surface area contributed by atoms with Gasteiger partial charge in [-0.2, -0.15) is 0 Å². The van der Waals surface area contributed by atoms with Gasteiger partial charge in [-0.25, -0.2) is 0 Å². The lowest BCUT2D eigenvalue weighted by Crippen LogP contribution is -2.22. The second kappa shape index (κ2) is 9.35. The van der Waals surface area contributed by atoms with Crippen LogP contribution in [0.1, 0.15) is 82.8 Å². The SMILES string of the molecule is CCCCC[C@@H]1CC[C@@H](c2ccc(-c3ccc(CC)cn3)cc2)C[C@H]1C. The number of nitrogens with zero attached hydrogens (tertiary/aromatic N) is 1.